The number of nitrogens with zero attached hydrogens (tertiary/aromatic N) is 5. The summed E-state index contributed by atoms with van der Waals surface area (Å²) in [5.74, 6) is 0.490. The molecule has 0 spiro atoms. The van der Waals surface area contributed by atoms with E-state index >= 15 is 0 Å². The summed E-state index contributed by atoms with van der Waals surface area (Å²) in [6, 6.07) is 9.93. The van der Waals surface area contributed by atoms with Crippen LogP contribution in [-0.2, 0) is 4.79 Å². The third kappa shape index (κ3) is 13.7. The molecule has 0 aliphatic carbocycles. The first-order chi connectivity index (χ1) is 24.7. The van der Waals surface area contributed by atoms with Gasteiger partial charge in [-0.05, 0) is 55.7 Å². The molecule has 1 fully saturated rings. The number of unbranched alkanes of at least 4 members (excludes halogenated alkanes) is 5. The highest BCUT2D eigenvalue weighted by Gasteiger charge is 2.43. The highest BCUT2D eigenvalue weighted by atomic mass is 79.9. The molecule has 1 saturated heterocycles. The second-order valence-electron chi connectivity index (χ2n) is 12.5. The molecule has 3 heterocycles. The van der Waals surface area contributed by atoms with E-state index in [0.717, 1.165) is 41.8 Å². The van der Waals surface area contributed by atoms with Crippen LogP contribution >= 0.6 is 27.5 Å². The van der Waals surface area contributed by atoms with Crippen molar-refractivity contribution in [3.63, 3.8) is 0 Å². The minimum Gasteiger partial charge on any atom is -0.381 e. The lowest BCUT2D eigenvalue weighted by Crippen LogP contribution is -2.34. The van der Waals surface area contributed by atoms with Crippen LogP contribution in [0.25, 0.3) is 16.8 Å². The second kappa shape index (κ2) is 23.7. The van der Waals surface area contributed by atoms with Crippen molar-refractivity contribution in [2.75, 3.05) is 35.7 Å². The lowest BCUT2D eigenvalue weighted by atomic mass is 9.85. The standard InChI is InChI=1S/C32H35ClN6O.C8H17Br.C2H6/c1-6-9-11-23(7-2)24-12-10-13-25(18-24)29-28(33)22-35-31(37-29)36-26-19-27(21-34-20-26)39-17-15-32(4,30(39)40)14-16-38(5)8-3;1-2-3-4-5-6-7-8-9;1-2/h6-13,18-22H,1,3,14-17H2,2,4-5H3,(H,35,36,37);2-8H2,1H3;1-2H3/b11-9-,23-7+;;. The number of nitrogens with one attached hydrogen (secondary N) is 1. The van der Waals surface area contributed by atoms with Gasteiger partial charge in [0.2, 0.25) is 11.9 Å². The van der Waals surface area contributed by atoms with Gasteiger partial charge in [-0.25, -0.2) is 9.97 Å². The van der Waals surface area contributed by atoms with E-state index in [1.165, 1.54) is 43.9 Å². The minimum atomic E-state index is -0.419. The number of carbonyl (C=O) groups excluding carboxylic acids is 1. The fourth-order valence-corrected chi connectivity index (χ4v) is 6.14. The molecule has 1 unspecified atom stereocenters. The molecule has 1 atom stereocenters. The Morgan fingerprint density at radius 2 is 1.86 bits per heavy atom. The van der Waals surface area contributed by atoms with Crippen molar-refractivity contribution in [2.45, 2.75) is 86.0 Å². The van der Waals surface area contributed by atoms with Crippen molar-refractivity contribution in [1.29, 1.82) is 0 Å². The summed E-state index contributed by atoms with van der Waals surface area (Å²) in [5, 5.41) is 4.86. The number of hydrogen-bond acceptors (Lipinski definition) is 6. The summed E-state index contributed by atoms with van der Waals surface area (Å²) in [4.78, 5) is 30.7. The number of benzene rings is 1. The molecule has 4 rings (SSSR count). The predicted molar refractivity (Wildman–Crippen MR) is 224 cm³/mol. The van der Waals surface area contributed by atoms with Gasteiger partial charge in [0.1, 0.15) is 0 Å². The number of rotatable bonds is 17. The summed E-state index contributed by atoms with van der Waals surface area (Å²) in [5.41, 5.74) is 4.59. The maximum absolute atomic E-state index is 13.4. The van der Waals surface area contributed by atoms with Gasteiger partial charge in [0.05, 0.1) is 46.1 Å². The number of carbonyl (C=O) groups is 1. The molecule has 9 heteroatoms. The third-order valence-corrected chi connectivity index (χ3v) is 9.53. The summed E-state index contributed by atoms with van der Waals surface area (Å²) in [7, 11) is 1.97. The SMILES string of the molecule is C=C/C=C\C(=C/C)c1cccc(-c2nc(Nc3cncc(N4CCC(C)(CCN(C)C=C)C4=O)c3)ncc2Cl)c1.CC.CCCCCCCCBr. The van der Waals surface area contributed by atoms with Crippen molar-refractivity contribution in [3.8, 4) is 11.3 Å². The van der Waals surface area contributed by atoms with E-state index in [1.807, 2.05) is 93.1 Å². The van der Waals surface area contributed by atoms with Gasteiger partial charge in [-0.3, -0.25) is 9.78 Å². The monoisotopic (exact) mass is 776 g/mol. The summed E-state index contributed by atoms with van der Waals surface area (Å²) < 4.78 is 0. The van der Waals surface area contributed by atoms with Gasteiger partial charge < -0.3 is 15.1 Å². The molecule has 1 aromatic carbocycles. The van der Waals surface area contributed by atoms with Crippen molar-refractivity contribution in [1.82, 2.24) is 19.9 Å². The lowest BCUT2D eigenvalue weighted by Gasteiger charge is -2.25. The second-order valence-corrected chi connectivity index (χ2v) is 13.7. The molecule has 1 N–H and O–H groups in total. The van der Waals surface area contributed by atoms with Gasteiger partial charge in [0.15, 0.2) is 0 Å². The molecule has 276 valence electrons. The van der Waals surface area contributed by atoms with Crippen molar-refractivity contribution < 1.29 is 4.79 Å². The highest BCUT2D eigenvalue weighted by Crippen LogP contribution is 2.38. The normalized spacial score (nSPS) is 15.5. The Morgan fingerprint density at radius 3 is 2.55 bits per heavy atom. The molecule has 3 aromatic rings. The summed E-state index contributed by atoms with van der Waals surface area (Å²) in [6.07, 6.45) is 24.4. The quantitative estimate of drug-likeness (QED) is 0.0836. The van der Waals surface area contributed by atoms with E-state index in [2.05, 4.69) is 51.3 Å². The molecule has 2 aromatic heterocycles. The van der Waals surface area contributed by atoms with Crippen LogP contribution in [0.4, 0.5) is 17.3 Å². The van der Waals surface area contributed by atoms with Gasteiger partial charge in [0.25, 0.3) is 0 Å². The fourth-order valence-electron chi connectivity index (χ4n) is 5.54. The smallest absolute Gasteiger partial charge is 0.233 e. The number of halogens is 2. The zero-order valence-corrected chi connectivity index (χ0v) is 33.9. The first-order valence-corrected chi connectivity index (χ1v) is 19.7. The molecule has 0 radical (unpaired) electrons. The summed E-state index contributed by atoms with van der Waals surface area (Å²) >= 11 is 9.95. The fraction of sp³-hybridized carbons (Fsp3) is 0.429. The molecular weight excluding hydrogens is 720 g/mol. The Kier molecular flexibility index (Phi) is 20.2. The number of aromatic nitrogens is 3. The van der Waals surface area contributed by atoms with Crippen LogP contribution in [0.1, 0.15) is 91.5 Å². The molecule has 1 aliphatic heterocycles. The summed E-state index contributed by atoms with van der Waals surface area (Å²) in [6.45, 7) is 19.3. The van der Waals surface area contributed by atoms with Gasteiger partial charge in [0, 0.05) is 31.0 Å². The first-order valence-electron chi connectivity index (χ1n) is 18.2. The topological polar surface area (TPSA) is 74.2 Å². The van der Waals surface area contributed by atoms with Gasteiger partial charge in [-0.1, -0.05) is 143 Å². The zero-order chi connectivity index (χ0) is 37.6. The van der Waals surface area contributed by atoms with Crippen LogP contribution in [0.15, 0.2) is 92.6 Å². The van der Waals surface area contributed by atoms with Gasteiger partial charge in [-0.15, -0.1) is 0 Å². The van der Waals surface area contributed by atoms with E-state index in [0.29, 0.717) is 28.9 Å². The molecule has 51 heavy (non-hydrogen) atoms. The van der Waals surface area contributed by atoms with Crippen LogP contribution < -0.4 is 10.2 Å². The van der Waals surface area contributed by atoms with Crippen molar-refractivity contribution >= 4 is 56.3 Å². The molecule has 0 saturated carbocycles. The maximum atomic E-state index is 13.4. The zero-order valence-electron chi connectivity index (χ0n) is 31.6. The van der Waals surface area contributed by atoms with Crippen molar-refractivity contribution in [2.24, 2.45) is 5.41 Å². The van der Waals surface area contributed by atoms with E-state index in [9.17, 15) is 4.79 Å². The Balaban J connectivity index is 0.000000714. The Labute approximate surface area is 321 Å². The minimum absolute atomic E-state index is 0.109. The number of hydrogen-bond donors (Lipinski definition) is 1. The highest BCUT2D eigenvalue weighted by molar-refractivity contribution is 9.09. The Hall–Kier alpha value is -3.75. The van der Waals surface area contributed by atoms with E-state index < -0.39 is 5.41 Å². The van der Waals surface area contributed by atoms with Crippen LogP contribution in [0.2, 0.25) is 5.02 Å². The maximum Gasteiger partial charge on any atom is 0.233 e. The van der Waals surface area contributed by atoms with Crippen LogP contribution in [0.3, 0.4) is 0 Å². The first kappa shape index (κ1) is 43.4. The Morgan fingerprint density at radius 1 is 1.12 bits per heavy atom. The molecule has 7 nitrogen and oxygen atoms in total. The number of amides is 1. The number of anilines is 3. The molecule has 1 aliphatic rings. The van der Waals surface area contributed by atoms with E-state index in [-0.39, 0.29) is 5.91 Å². The third-order valence-electron chi connectivity index (χ3n) is 8.69. The van der Waals surface area contributed by atoms with Crippen LogP contribution in [-0.4, -0.2) is 51.2 Å². The average molecular weight is 778 g/mol. The molecule has 0 bridgehead atoms. The van der Waals surface area contributed by atoms with Gasteiger partial charge in [-0.2, -0.15) is 0 Å². The van der Waals surface area contributed by atoms with Crippen LogP contribution in [0, 0.1) is 5.41 Å². The molecule has 1 amide bonds. The van der Waals surface area contributed by atoms with Crippen molar-refractivity contribution in [3.05, 3.63) is 103 Å². The van der Waals surface area contributed by atoms with Crippen LogP contribution in [0.5, 0.6) is 0 Å². The number of pyridine rings is 1. The van der Waals surface area contributed by atoms with E-state index in [1.54, 1.807) is 30.9 Å². The number of alkyl halides is 1. The molecular formula is C42H58BrClN6O. The van der Waals surface area contributed by atoms with E-state index in [4.69, 9.17) is 16.6 Å². The average Bonchev–Trinajstić information content (AvgIpc) is 3.46. The number of allylic oxidation sites excluding steroid dienone is 5. The largest absolute Gasteiger partial charge is 0.381 e. The predicted octanol–water partition coefficient (Wildman–Crippen LogP) is 12.1. The van der Waals surface area contributed by atoms with Gasteiger partial charge >= 0.3 is 0 Å². The lowest BCUT2D eigenvalue weighted by molar-refractivity contribution is -0.125. The Bertz CT molecular complexity index is 1590.